The number of hydrogen-bond donors (Lipinski definition) is 2. The number of halogens is 2. The number of nitrogens with zero attached hydrogens (tertiary/aromatic N) is 1. The quantitative estimate of drug-likeness (QED) is 0.390. The zero-order valence-electron chi connectivity index (χ0n) is 13.9. The van der Waals surface area contributed by atoms with Gasteiger partial charge in [0.2, 0.25) is 0 Å². The lowest BCUT2D eigenvalue weighted by Gasteiger charge is -2.12. The van der Waals surface area contributed by atoms with Gasteiger partial charge in [-0.05, 0) is 28.8 Å². The standard InChI is InChI=1S/C18H22ClN3O.HI/c1-20-18(22-12-15-6-4-8-17(19)10-15)21-11-14-5-3-7-16(9-14)13-23-2;/h3-10H,11-13H2,1-2H3,(H2,20,21,22);1H. The fourth-order valence-corrected chi connectivity index (χ4v) is 2.45. The van der Waals surface area contributed by atoms with Crippen molar-refractivity contribution in [1.82, 2.24) is 10.6 Å². The summed E-state index contributed by atoms with van der Waals surface area (Å²) in [7, 11) is 3.46. The first-order valence-electron chi connectivity index (χ1n) is 7.47. The van der Waals surface area contributed by atoms with E-state index in [1.807, 2.05) is 30.3 Å². The number of nitrogens with one attached hydrogen (secondary N) is 2. The Morgan fingerprint density at radius 2 is 1.58 bits per heavy atom. The molecule has 0 atom stereocenters. The average molecular weight is 460 g/mol. The van der Waals surface area contributed by atoms with Gasteiger partial charge in [0.25, 0.3) is 0 Å². The molecule has 4 nitrogen and oxygen atoms in total. The lowest BCUT2D eigenvalue weighted by molar-refractivity contribution is 0.185. The Labute approximate surface area is 165 Å². The van der Waals surface area contributed by atoms with Crippen LogP contribution in [0.3, 0.4) is 0 Å². The molecule has 2 N–H and O–H groups in total. The molecule has 6 heteroatoms. The lowest BCUT2D eigenvalue weighted by Crippen LogP contribution is -2.36. The van der Waals surface area contributed by atoms with Gasteiger partial charge in [0, 0.05) is 32.3 Å². The van der Waals surface area contributed by atoms with E-state index in [1.165, 1.54) is 5.56 Å². The van der Waals surface area contributed by atoms with Gasteiger partial charge >= 0.3 is 0 Å². The second-order valence-electron chi connectivity index (χ2n) is 5.16. The van der Waals surface area contributed by atoms with Gasteiger partial charge in [-0.3, -0.25) is 4.99 Å². The molecule has 0 fully saturated rings. The molecule has 0 bridgehead atoms. The highest BCUT2D eigenvalue weighted by molar-refractivity contribution is 14.0. The summed E-state index contributed by atoms with van der Waals surface area (Å²) < 4.78 is 5.16. The van der Waals surface area contributed by atoms with Crippen molar-refractivity contribution in [3.05, 3.63) is 70.2 Å². The predicted molar refractivity (Wildman–Crippen MR) is 111 cm³/mol. The van der Waals surface area contributed by atoms with Crippen LogP contribution in [0.4, 0.5) is 0 Å². The molecular weight excluding hydrogens is 437 g/mol. The van der Waals surface area contributed by atoms with Crippen molar-refractivity contribution < 1.29 is 4.74 Å². The van der Waals surface area contributed by atoms with Crippen molar-refractivity contribution in [1.29, 1.82) is 0 Å². The molecule has 0 spiro atoms. The van der Waals surface area contributed by atoms with E-state index in [1.54, 1.807) is 14.2 Å². The summed E-state index contributed by atoms with van der Waals surface area (Å²) in [6, 6.07) is 16.1. The number of methoxy groups -OCH3 is 1. The Bertz CT molecular complexity index is 664. The third-order valence-electron chi connectivity index (χ3n) is 3.33. The number of benzene rings is 2. The maximum absolute atomic E-state index is 5.99. The van der Waals surface area contributed by atoms with Crippen LogP contribution < -0.4 is 10.6 Å². The topological polar surface area (TPSA) is 45.7 Å². The molecule has 0 amide bonds. The normalized spacial score (nSPS) is 10.9. The maximum atomic E-state index is 5.99. The van der Waals surface area contributed by atoms with Crippen molar-refractivity contribution in [2.24, 2.45) is 4.99 Å². The summed E-state index contributed by atoms with van der Waals surface area (Å²) in [5.41, 5.74) is 3.46. The molecule has 0 radical (unpaired) electrons. The van der Waals surface area contributed by atoms with E-state index >= 15 is 0 Å². The van der Waals surface area contributed by atoms with Crippen molar-refractivity contribution in [3.8, 4) is 0 Å². The summed E-state index contributed by atoms with van der Waals surface area (Å²) >= 11 is 5.99. The molecule has 0 aliphatic rings. The Morgan fingerprint density at radius 1 is 1.00 bits per heavy atom. The molecule has 0 aliphatic heterocycles. The van der Waals surface area contributed by atoms with Crippen molar-refractivity contribution in [3.63, 3.8) is 0 Å². The molecule has 2 rings (SSSR count). The van der Waals surface area contributed by atoms with E-state index in [0.29, 0.717) is 19.7 Å². The molecule has 0 aliphatic carbocycles. The summed E-state index contributed by atoms with van der Waals surface area (Å²) in [6.07, 6.45) is 0. The SMILES string of the molecule is CN=C(NCc1cccc(Cl)c1)NCc1cccc(COC)c1.I. The molecule has 24 heavy (non-hydrogen) atoms. The smallest absolute Gasteiger partial charge is 0.191 e. The van der Waals surface area contributed by atoms with Gasteiger partial charge in [0.05, 0.1) is 6.61 Å². The molecule has 2 aromatic carbocycles. The van der Waals surface area contributed by atoms with Crippen molar-refractivity contribution in [2.75, 3.05) is 14.2 Å². The van der Waals surface area contributed by atoms with E-state index in [4.69, 9.17) is 16.3 Å². The molecule has 2 aromatic rings. The Kier molecular flexibility index (Phi) is 9.75. The first-order valence-corrected chi connectivity index (χ1v) is 7.85. The predicted octanol–water partition coefficient (Wildman–Crippen LogP) is 3.97. The van der Waals surface area contributed by atoms with E-state index < -0.39 is 0 Å². The first kappa shape index (κ1) is 20.7. The Balaban J connectivity index is 0.00000288. The molecule has 0 aromatic heterocycles. The monoisotopic (exact) mass is 459 g/mol. The van der Waals surface area contributed by atoms with Crippen molar-refractivity contribution >= 4 is 41.5 Å². The summed E-state index contributed by atoms with van der Waals surface area (Å²) in [5, 5.41) is 7.32. The second-order valence-corrected chi connectivity index (χ2v) is 5.60. The minimum atomic E-state index is 0. The zero-order valence-corrected chi connectivity index (χ0v) is 17.0. The van der Waals surface area contributed by atoms with E-state index in [9.17, 15) is 0 Å². The molecular formula is C18H23ClIN3O. The second kappa shape index (κ2) is 11.3. The van der Waals surface area contributed by atoms with Crippen LogP contribution in [0.2, 0.25) is 5.02 Å². The third-order valence-corrected chi connectivity index (χ3v) is 3.57. The number of ether oxygens (including phenoxy) is 1. The minimum Gasteiger partial charge on any atom is -0.380 e. The molecule has 130 valence electrons. The van der Waals surface area contributed by atoms with E-state index in [2.05, 4.69) is 33.8 Å². The molecule has 0 saturated heterocycles. The zero-order chi connectivity index (χ0) is 16.5. The van der Waals surface area contributed by atoms with Crippen LogP contribution in [0.1, 0.15) is 16.7 Å². The van der Waals surface area contributed by atoms with Gasteiger partial charge in [0.15, 0.2) is 5.96 Å². The number of hydrogen-bond acceptors (Lipinski definition) is 2. The van der Waals surface area contributed by atoms with Gasteiger partial charge in [-0.1, -0.05) is 48.0 Å². The van der Waals surface area contributed by atoms with E-state index in [-0.39, 0.29) is 24.0 Å². The van der Waals surface area contributed by atoms with Crippen molar-refractivity contribution in [2.45, 2.75) is 19.7 Å². The van der Waals surface area contributed by atoms with Crippen LogP contribution in [0.5, 0.6) is 0 Å². The average Bonchev–Trinajstić information content (AvgIpc) is 2.56. The van der Waals surface area contributed by atoms with Crippen LogP contribution in [0, 0.1) is 0 Å². The summed E-state index contributed by atoms with van der Waals surface area (Å²) in [5.74, 6) is 0.752. The molecule has 0 heterocycles. The van der Waals surface area contributed by atoms with Gasteiger partial charge in [-0.25, -0.2) is 0 Å². The minimum absolute atomic E-state index is 0. The van der Waals surface area contributed by atoms with Crippen LogP contribution in [0.25, 0.3) is 0 Å². The van der Waals surface area contributed by atoms with Crippen LogP contribution in [-0.4, -0.2) is 20.1 Å². The number of rotatable bonds is 6. The fraction of sp³-hybridized carbons (Fsp3) is 0.278. The highest BCUT2D eigenvalue weighted by atomic mass is 127. The first-order chi connectivity index (χ1) is 11.2. The highest BCUT2D eigenvalue weighted by Gasteiger charge is 2.01. The number of guanidine groups is 1. The van der Waals surface area contributed by atoms with Gasteiger partial charge in [0.1, 0.15) is 0 Å². The van der Waals surface area contributed by atoms with Gasteiger partial charge in [-0.15, -0.1) is 24.0 Å². The lowest BCUT2D eigenvalue weighted by atomic mass is 10.1. The maximum Gasteiger partial charge on any atom is 0.191 e. The van der Waals surface area contributed by atoms with Crippen LogP contribution >= 0.6 is 35.6 Å². The van der Waals surface area contributed by atoms with Crippen LogP contribution in [0.15, 0.2) is 53.5 Å². The van der Waals surface area contributed by atoms with Crippen LogP contribution in [-0.2, 0) is 24.4 Å². The largest absolute Gasteiger partial charge is 0.380 e. The Morgan fingerprint density at radius 3 is 2.17 bits per heavy atom. The van der Waals surface area contributed by atoms with Gasteiger partial charge < -0.3 is 15.4 Å². The third kappa shape index (κ3) is 7.07. The summed E-state index contributed by atoms with van der Waals surface area (Å²) in [4.78, 5) is 4.24. The highest BCUT2D eigenvalue weighted by Crippen LogP contribution is 2.10. The Hall–Kier alpha value is -1.31. The number of aliphatic imine (C=N–C) groups is 1. The fourth-order valence-electron chi connectivity index (χ4n) is 2.24. The molecule has 0 unspecified atom stereocenters. The van der Waals surface area contributed by atoms with E-state index in [0.717, 1.165) is 22.1 Å². The van der Waals surface area contributed by atoms with Gasteiger partial charge in [-0.2, -0.15) is 0 Å². The summed E-state index contributed by atoms with van der Waals surface area (Å²) in [6.45, 7) is 1.99. The molecule has 0 saturated carbocycles.